The van der Waals surface area contributed by atoms with E-state index in [1.54, 1.807) is 12.4 Å². The first-order chi connectivity index (χ1) is 10.9. The molecule has 23 heavy (non-hydrogen) atoms. The Morgan fingerprint density at radius 1 is 1.22 bits per heavy atom. The molecule has 1 aromatic heterocycles. The number of carbonyl (C=O) groups excluding carboxylic acids is 1. The number of amides is 2. The minimum atomic E-state index is -3.23. The normalized spacial score (nSPS) is 18.1. The number of sulfonamides is 1. The molecule has 0 saturated carbocycles. The van der Waals surface area contributed by atoms with Gasteiger partial charge in [0, 0.05) is 45.1 Å². The smallest absolute Gasteiger partial charge is 0.320 e. The molecule has 0 atom stereocenters. The molecule has 1 fully saturated rings. The Bertz CT molecular complexity index is 699. The largest absolute Gasteiger partial charge is 0.325 e. The number of fused-ring (bicyclic) bond motifs is 1. The second-order valence-corrected chi connectivity index (χ2v) is 8.01. The van der Waals surface area contributed by atoms with E-state index in [2.05, 4.69) is 9.71 Å². The number of carbonyl (C=O) groups is 1. The van der Waals surface area contributed by atoms with Gasteiger partial charge < -0.3 is 9.80 Å². The van der Waals surface area contributed by atoms with Crippen LogP contribution in [0.3, 0.4) is 0 Å². The van der Waals surface area contributed by atoms with Gasteiger partial charge in [0.2, 0.25) is 10.0 Å². The highest BCUT2D eigenvalue weighted by Crippen LogP contribution is 2.23. The van der Waals surface area contributed by atoms with Crippen LogP contribution in [-0.4, -0.2) is 55.1 Å². The van der Waals surface area contributed by atoms with Crippen LogP contribution in [0.15, 0.2) is 12.4 Å². The Balaban J connectivity index is 1.72. The van der Waals surface area contributed by atoms with Crippen LogP contribution in [0.25, 0.3) is 0 Å². The van der Waals surface area contributed by atoms with E-state index in [-0.39, 0.29) is 12.6 Å². The highest BCUT2D eigenvalue weighted by molar-refractivity contribution is 7.88. The quantitative estimate of drug-likeness (QED) is 0.880. The molecule has 7 nitrogen and oxygen atoms in total. The lowest BCUT2D eigenvalue weighted by atomic mass is 9.97. The number of urea groups is 1. The summed E-state index contributed by atoms with van der Waals surface area (Å²) in [6.45, 7) is 3.15. The third-order valence-electron chi connectivity index (χ3n) is 4.40. The van der Waals surface area contributed by atoms with Crippen molar-refractivity contribution in [1.29, 1.82) is 0 Å². The van der Waals surface area contributed by atoms with Gasteiger partial charge in [-0.2, -0.15) is 0 Å². The van der Waals surface area contributed by atoms with Crippen molar-refractivity contribution in [1.82, 2.24) is 19.5 Å². The molecule has 126 valence electrons. The second-order valence-electron chi connectivity index (χ2n) is 6.18. The molecule has 2 aliphatic heterocycles. The Hall–Kier alpha value is -1.67. The summed E-state index contributed by atoms with van der Waals surface area (Å²) in [5.41, 5.74) is 3.01. The Kier molecular flexibility index (Phi) is 4.54. The van der Waals surface area contributed by atoms with E-state index in [9.17, 15) is 13.2 Å². The van der Waals surface area contributed by atoms with Crippen molar-refractivity contribution < 1.29 is 13.2 Å². The minimum absolute atomic E-state index is 0.104. The van der Waals surface area contributed by atoms with Crippen LogP contribution in [0.1, 0.15) is 29.5 Å². The molecule has 0 aliphatic carbocycles. The Morgan fingerprint density at radius 3 is 2.65 bits per heavy atom. The number of hydrogen-bond donors (Lipinski definition) is 1. The molecular weight excluding hydrogens is 316 g/mol. The summed E-state index contributed by atoms with van der Waals surface area (Å²) in [6.07, 6.45) is 7.53. The van der Waals surface area contributed by atoms with Crippen LogP contribution in [0.4, 0.5) is 4.79 Å². The average Bonchev–Trinajstić information content (AvgIpc) is 3.05. The Labute approximate surface area is 136 Å². The van der Waals surface area contributed by atoms with Crippen molar-refractivity contribution in [2.24, 2.45) is 0 Å². The van der Waals surface area contributed by atoms with Gasteiger partial charge in [-0.15, -0.1) is 0 Å². The zero-order valence-electron chi connectivity index (χ0n) is 13.3. The van der Waals surface area contributed by atoms with Gasteiger partial charge in [0.15, 0.2) is 0 Å². The summed E-state index contributed by atoms with van der Waals surface area (Å²) in [7, 11) is -3.23. The molecule has 0 bridgehead atoms. The van der Waals surface area contributed by atoms with Crippen molar-refractivity contribution in [2.75, 3.05) is 25.9 Å². The molecule has 3 heterocycles. The molecular formula is C15H22N4O3S. The summed E-state index contributed by atoms with van der Waals surface area (Å²) in [6, 6.07) is 0.104. The summed E-state index contributed by atoms with van der Waals surface area (Å²) >= 11 is 0. The predicted octanol–water partition coefficient (Wildman–Crippen LogP) is 0.705. The fraction of sp³-hybridized carbons (Fsp3) is 0.600. The fourth-order valence-electron chi connectivity index (χ4n) is 3.20. The van der Waals surface area contributed by atoms with Crippen LogP contribution in [0, 0.1) is 0 Å². The average molecular weight is 338 g/mol. The molecule has 0 spiro atoms. The zero-order valence-corrected chi connectivity index (χ0v) is 14.1. The number of pyridine rings is 1. The van der Waals surface area contributed by atoms with E-state index >= 15 is 0 Å². The summed E-state index contributed by atoms with van der Waals surface area (Å²) in [5, 5.41) is 0. The number of aromatic nitrogens is 1. The molecule has 1 N–H and O–H groups in total. The first kappa shape index (κ1) is 16.2. The standard InChI is InChI=1S/C15H22N4O3S/c1-23(21,22)17-10-12-8-16-9-13-11-19(7-4-14(12)13)15(20)18-5-2-3-6-18/h8-9,17H,2-7,10-11H2,1H3. The zero-order chi connectivity index (χ0) is 16.4. The van der Waals surface area contributed by atoms with Crippen LogP contribution in [0.5, 0.6) is 0 Å². The van der Waals surface area contributed by atoms with Crippen molar-refractivity contribution in [3.05, 3.63) is 29.1 Å². The third kappa shape index (κ3) is 3.81. The van der Waals surface area contributed by atoms with Gasteiger partial charge in [0.05, 0.1) is 6.26 Å². The molecule has 0 aromatic carbocycles. The predicted molar refractivity (Wildman–Crippen MR) is 86.2 cm³/mol. The first-order valence-electron chi connectivity index (χ1n) is 7.87. The molecule has 3 rings (SSSR count). The van der Waals surface area contributed by atoms with Crippen LogP contribution in [0.2, 0.25) is 0 Å². The van der Waals surface area contributed by atoms with Crippen molar-refractivity contribution >= 4 is 16.1 Å². The minimum Gasteiger partial charge on any atom is -0.325 e. The number of rotatable bonds is 3. The van der Waals surface area contributed by atoms with Gasteiger partial charge in [0.1, 0.15) is 0 Å². The third-order valence-corrected chi connectivity index (χ3v) is 5.07. The van der Waals surface area contributed by atoms with Gasteiger partial charge in [-0.1, -0.05) is 0 Å². The van der Waals surface area contributed by atoms with Crippen molar-refractivity contribution in [3.63, 3.8) is 0 Å². The maximum Gasteiger partial charge on any atom is 0.320 e. The molecule has 2 aliphatic rings. The first-order valence-corrected chi connectivity index (χ1v) is 9.76. The molecule has 8 heteroatoms. The number of nitrogens with zero attached hydrogens (tertiary/aromatic N) is 3. The van der Waals surface area contributed by atoms with Crippen molar-refractivity contribution in [2.45, 2.75) is 32.4 Å². The molecule has 1 aromatic rings. The maximum atomic E-state index is 12.5. The summed E-state index contributed by atoms with van der Waals surface area (Å²) < 4.78 is 25.1. The highest BCUT2D eigenvalue weighted by atomic mass is 32.2. The summed E-state index contributed by atoms with van der Waals surface area (Å²) in [4.78, 5) is 20.5. The van der Waals surface area contributed by atoms with Crippen LogP contribution < -0.4 is 4.72 Å². The van der Waals surface area contributed by atoms with E-state index in [4.69, 9.17) is 0 Å². The van der Waals surface area contributed by atoms with E-state index < -0.39 is 10.0 Å². The monoisotopic (exact) mass is 338 g/mol. The van der Waals surface area contributed by atoms with Gasteiger partial charge >= 0.3 is 6.03 Å². The van der Waals surface area contributed by atoms with Crippen molar-refractivity contribution in [3.8, 4) is 0 Å². The Morgan fingerprint density at radius 2 is 1.96 bits per heavy atom. The summed E-state index contributed by atoms with van der Waals surface area (Å²) in [5.74, 6) is 0. The number of likely N-dealkylation sites (tertiary alicyclic amines) is 1. The van der Waals surface area contributed by atoms with Crippen LogP contribution in [-0.2, 0) is 29.5 Å². The van der Waals surface area contributed by atoms with E-state index in [0.29, 0.717) is 13.1 Å². The van der Waals surface area contributed by atoms with Crippen LogP contribution >= 0.6 is 0 Å². The lowest BCUT2D eigenvalue weighted by molar-refractivity contribution is 0.157. The molecule has 1 saturated heterocycles. The molecule has 2 amide bonds. The SMILES string of the molecule is CS(=O)(=O)NCc1cncc2c1CCN(C(=O)N1CCCC1)C2. The lowest BCUT2D eigenvalue weighted by Crippen LogP contribution is -2.44. The van der Waals surface area contributed by atoms with Gasteiger partial charge in [-0.05, 0) is 36.0 Å². The van der Waals surface area contributed by atoms with Gasteiger partial charge in [0.25, 0.3) is 0 Å². The highest BCUT2D eigenvalue weighted by Gasteiger charge is 2.27. The lowest BCUT2D eigenvalue weighted by Gasteiger charge is -2.32. The number of nitrogens with one attached hydrogen (secondary N) is 1. The topological polar surface area (TPSA) is 82.6 Å². The fourth-order valence-corrected chi connectivity index (χ4v) is 3.62. The molecule has 0 unspecified atom stereocenters. The van der Waals surface area contributed by atoms with E-state index in [1.165, 1.54) is 0 Å². The van der Waals surface area contributed by atoms with Gasteiger partial charge in [-0.25, -0.2) is 17.9 Å². The van der Waals surface area contributed by atoms with Gasteiger partial charge in [-0.3, -0.25) is 4.98 Å². The number of hydrogen-bond acceptors (Lipinski definition) is 4. The second kappa shape index (κ2) is 6.45. The van der Waals surface area contributed by atoms with E-state index in [1.807, 2.05) is 9.80 Å². The maximum absolute atomic E-state index is 12.5. The van der Waals surface area contributed by atoms with E-state index in [0.717, 1.165) is 55.3 Å². The molecule has 0 radical (unpaired) electrons.